The van der Waals surface area contributed by atoms with Gasteiger partial charge in [0.1, 0.15) is 5.75 Å². The normalized spacial score (nSPS) is 11.4. The van der Waals surface area contributed by atoms with Crippen molar-refractivity contribution < 1.29 is 22.7 Å². The van der Waals surface area contributed by atoms with Crippen LogP contribution in [0.1, 0.15) is 35.3 Å². The Morgan fingerprint density at radius 1 is 1.35 bits per heavy atom. The van der Waals surface area contributed by atoms with Crippen LogP contribution in [0.15, 0.2) is 12.1 Å². The number of Topliss-reactive ketones (excluding diaryl/α,β-unsaturated/α-hetero) is 1. The number of rotatable bonds is 3. The van der Waals surface area contributed by atoms with Crippen molar-refractivity contribution in [2.24, 2.45) is 0 Å². The standard InChI is InChI=1S/C12H13F3O2/c1-4-17-10-6-5-9(12(13,14)15)7(2)11(10)8(3)16/h5-6H,4H2,1-3H3. The molecule has 0 spiro atoms. The second-order valence-corrected chi connectivity index (χ2v) is 3.60. The molecular formula is C12H13F3O2. The Morgan fingerprint density at radius 3 is 2.35 bits per heavy atom. The Balaban J connectivity index is 3.44. The van der Waals surface area contributed by atoms with E-state index in [1.807, 2.05) is 0 Å². The van der Waals surface area contributed by atoms with Crippen molar-refractivity contribution in [2.75, 3.05) is 6.61 Å². The van der Waals surface area contributed by atoms with E-state index in [0.717, 1.165) is 6.07 Å². The highest BCUT2D eigenvalue weighted by Crippen LogP contribution is 2.36. The first-order valence-corrected chi connectivity index (χ1v) is 5.13. The molecule has 0 amide bonds. The summed E-state index contributed by atoms with van der Waals surface area (Å²) < 4.78 is 43.1. The molecule has 1 aromatic rings. The average molecular weight is 246 g/mol. The lowest BCUT2D eigenvalue weighted by atomic mass is 9.98. The van der Waals surface area contributed by atoms with Crippen LogP contribution in [0, 0.1) is 6.92 Å². The van der Waals surface area contributed by atoms with Crippen molar-refractivity contribution >= 4 is 5.78 Å². The van der Waals surface area contributed by atoms with Crippen molar-refractivity contribution in [2.45, 2.75) is 26.9 Å². The highest BCUT2D eigenvalue weighted by atomic mass is 19.4. The highest BCUT2D eigenvalue weighted by Gasteiger charge is 2.34. The summed E-state index contributed by atoms with van der Waals surface area (Å²) in [4.78, 5) is 11.4. The van der Waals surface area contributed by atoms with E-state index in [-0.39, 0.29) is 16.9 Å². The summed E-state index contributed by atoms with van der Waals surface area (Å²) in [6.45, 7) is 4.51. The molecule has 0 atom stereocenters. The molecule has 0 fully saturated rings. The second kappa shape index (κ2) is 4.77. The maximum absolute atomic E-state index is 12.7. The van der Waals surface area contributed by atoms with Crippen LogP contribution in [-0.4, -0.2) is 12.4 Å². The van der Waals surface area contributed by atoms with Gasteiger partial charge in [0, 0.05) is 0 Å². The third kappa shape index (κ3) is 2.78. The number of carbonyl (C=O) groups excluding carboxylic acids is 1. The predicted molar refractivity (Wildman–Crippen MR) is 57.4 cm³/mol. The quantitative estimate of drug-likeness (QED) is 0.761. The molecule has 94 valence electrons. The van der Waals surface area contributed by atoms with Gasteiger partial charge in [0.15, 0.2) is 5.78 Å². The Kier molecular flexibility index (Phi) is 3.80. The Morgan fingerprint density at radius 2 is 1.94 bits per heavy atom. The van der Waals surface area contributed by atoms with E-state index in [1.54, 1.807) is 6.92 Å². The first kappa shape index (κ1) is 13.5. The molecule has 0 aliphatic carbocycles. The second-order valence-electron chi connectivity index (χ2n) is 3.60. The summed E-state index contributed by atoms with van der Waals surface area (Å²) in [6.07, 6.45) is -4.46. The van der Waals surface area contributed by atoms with Crippen molar-refractivity contribution in [3.8, 4) is 5.75 Å². The average Bonchev–Trinajstić information content (AvgIpc) is 2.15. The molecule has 0 bridgehead atoms. The zero-order valence-electron chi connectivity index (χ0n) is 9.81. The van der Waals surface area contributed by atoms with Crippen LogP contribution in [0.2, 0.25) is 0 Å². The molecule has 2 nitrogen and oxygen atoms in total. The highest BCUT2D eigenvalue weighted by molar-refractivity contribution is 5.98. The largest absolute Gasteiger partial charge is 0.493 e. The molecule has 0 heterocycles. The topological polar surface area (TPSA) is 26.3 Å². The molecule has 17 heavy (non-hydrogen) atoms. The molecule has 0 saturated carbocycles. The first-order chi connectivity index (χ1) is 7.79. The summed E-state index contributed by atoms with van der Waals surface area (Å²) >= 11 is 0. The maximum Gasteiger partial charge on any atom is 0.416 e. The van der Waals surface area contributed by atoms with Crippen LogP contribution < -0.4 is 4.74 Å². The minimum Gasteiger partial charge on any atom is -0.493 e. The molecule has 0 aliphatic heterocycles. The van der Waals surface area contributed by atoms with Gasteiger partial charge < -0.3 is 4.74 Å². The minimum atomic E-state index is -4.46. The molecule has 0 aliphatic rings. The van der Waals surface area contributed by atoms with E-state index in [1.165, 1.54) is 19.9 Å². The van der Waals surface area contributed by atoms with Gasteiger partial charge in [-0.05, 0) is 38.5 Å². The fourth-order valence-electron chi connectivity index (χ4n) is 1.71. The molecule has 0 radical (unpaired) electrons. The number of hydrogen-bond acceptors (Lipinski definition) is 2. The molecule has 5 heteroatoms. The fourth-order valence-corrected chi connectivity index (χ4v) is 1.71. The van der Waals surface area contributed by atoms with E-state index < -0.39 is 17.5 Å². The van der Waals surface area contributed by atoms with Crippen molar-refractivity contribution in [3.63, 3.8) is 0 Å². The number of carbonyl (C=O) groups is 1. The molecule has 0 N–H and O–H groups in total. The van der Waals surface area contributed by atoms with E-state index >= 15 is 0 Å². The molecule has 0 aromatic heterocycles. The maximum atomic E-state index is 12.7. The zero-order valence-corrected chi connectivity index (χ0v) is 9.81. The predicted octanol–water partition coefficient (Wildman–Crippen LogP) is 3.62. The SMILES string of the molecule is CCOc1ccc(C(F)(F)F)c(C)c1C(C)=O. The van der Waals surface area contributed by atoms with Crippen molar-refractivity contribution in [1.82, 2.24) is 0 Å². The van der Waals surface area contributed by atoms with Gasteiger partial charge in [-0.3, -0.25) is 4.79 Å². The smallest absolute Gasteiger partial charge is 0.416 e. The number of benzene rings is 1. The van der Waals surface area contributed by atoms with E-state index in [2.05, 4.69) is 0 Å². The van der Waals surface area contributed by atoms with Crippen LogP contribution >= 0.6 is 0 Å². The monoisotopic (exact) mass is 246 g/mol. The minimum absolute atomic E-state index is 0.00155. The number of alkyl halides is 3. The Bertz CT molecular complexity index is 436. The van der Waals surface area contributed by atoms with Crippen molar-refractivity contribution in [1.29, 1.82) is 0 Å². The Labute approximate surface area is 97.4 Å². The van der Waals surface area contributed by atoms with E-state index in [0.29, 0.717) is 6.61 Å². The van der Waals surface area contributed by atoms with Gasteiger partial charge in [-0.1, -0.05) is 0 Å². The molecular weight excluding hydrogens is 233 g/mol. The molecule has 1 rings (SSSR count). The summed E-state index contributed by atoms with van der Waals surface area (Å²) in [5.41, 5.74) is -0.885. The van der Waals surface area contributed by atoms with Crippen LogP contribution in [0.3, 0.4) is 0 Å². The van der Waals surface area contributed by atoms with Crippen LogP contribution in [0.25, 0.3) is 0 Å². The van der Waals surface area contributed by atoms with Gasteiger partial charge >= 0.3 is 6.18 Å². The third-order valence-electron chi connectivity index (χ3n) is 2.38. The van der Waals surface area contributed by atoms with Crippen LogP contribution in [0.5, 0.6) is 5.75 Å². The fraction of sp³-hybridized carbons (Fsp3) is 0.417. The van der Waals surface area contributed by atoms with Gasteiger partial charge in [-0.2, -0.15) is 13.2 Å². The van der Waals surface area contributed by atoms with Gasteiger partial charge in [-0.25, -0.2) is 0 Å². The summed E-state index contributed by atoms with van der Waals surface area (Å²) in [5.74, 6) is -0.234. The Hall–Kier alpha value is -1.52. The molecule has 0 saturated heterocycles. The van der Waals surface area contributed by atoms with Gasteiger partial charge in [0.25, 0.3) is 0 Å². The summed E-state index contributed by atoms with van der Waals surface area (Å²) in [5, 5.41) is 0. The van der Waals surface area contributed by atoms with Crippen molar-refractivity contribution in [3.05, 3.63) is 28.8 Å². The summed E-state index contributed by atoms with van der Waals surface area (Å²) in [6, 6.07) is 2.13. The number of hydrogen-bond donors (Lipinski definition) is 0. The lowest BCUT2D eigenvalue weighted by molar-refractivity contribution is -0.138. The third-order valence-corrected chi connectivity index (χ3v) is 2.38. The first-order valence-electron chi connectivity index (χ1n) is 5.13. The van der Waals surface area contributed by atoms with Gasteiger partial charge in [0.05, 0.1) is 17.7 Å². The lowest BCUT2D eigenvalue weighted by Gasteiger charge is -2.16. The van der Waals surface area contributed by atoms with Crippen LogP contribution in [0.4, 0.5) is 13.2 Å². The number of ketones is 1. The van der Waals surface area contributed by atoms with E-state index in [9.17, 15) is 18.0 Å². The van der Waals surface area contributed by atoms with Gasteiger partial charge in [0.2, 0.25) is 0 Å². The zero-order chi connectivity index (χ0) is 13.2. The molecule has 1 aromatic carbocycles. The lowest BCUT2D eigenvalue weighted by Crippen LogP contribution is -2.12. The van der Waals surface area contributed by atoms with Gasteiger partial charge in [-0.15, -0.1) is 0 Å². The number of ether oxygens (including phenoxy) is 1. The van der Waals surface area contributed by atoms with Crippen LogP contribution in [-0.2, 0) is 6.18 Å². The number of halogens is 3. The molecule has 0 unspecified atom stereocenters. The van der Waals surface area contributed by atoms with E-state index in [4.69, 9.17) is 4.74 Å². The summed E-state index contributed by atoms with van der Waals surface area (Å²) in [7, 11) is 0.